The summed E-state index contributed by atoms with van der Waals surface area (Å²) in [4.78, 5) is 3.11. The first-order valence-electron chi connectivity index (χ1n) is 5.93. The largest absolute Gasteiger partial charge is 0.366 e. The molecule has 5 nitrogen and oxygen atoms in total. The maximum Gasteiger partial charge on any atom is 0.244 e. The molecule has 2 rings (SSSR count). The third-order valence-electron chi connectivity index (χ3n) is 3.28. The molecule has 1 saturated heterocycles. The van der Waals surface area contributed by atoms with E-state index in [0.717, 1.165) is 19.3 Å². The molecule has 0 aromatic carbocycles. The zero-order chi connectivity index (χ0) is 12.5. The second-order valence-corrected chi connectivity index (χ2v) is 6.48. The summed E-state index contributed by atoms with van der Waals surface area (Å²) in [7, 11) is -3.39. The van der Waals surface area contributed by atoms with E-state index in [1.165, 1.54) is 6.20 Å². The summed E-state index contributed by atoms with van der Waals surface area (Å²) in [6.45, 7) is 2.44. The monoisotopic (exact) mass is 257 g/mol. The van der Waals surface area contributed by atoms with Gasteiger partial charge >= 0.3 is 0 Å². The molecule has 2 heterocycles. The summed E-state index contributed by atoms with van der Waals surface area (Å²) in [6.07, 6.45) is 5.94. The predicted octanol–water partition coefficient (Wildman–Crippen LogP) is 0.905. The summed E-state index contributed by atoms with van der Waals surface area (Å²) < 4.78 is 26.4. The molecule has 0 spiro atoms. The molecule has 3 N–H and O–H groups in total. The van der Waals surface area contributed by atoms with E-state index in [0.29, 0.717) is 11.4 Å². The maximum atomic E-state index is 12.4. The number of aromatic nitrogens is 1. The Morgan fingerprint density at radius 1 is 1.53 bits per heavy atom. The number of sulfonamides is 1. The van der Waals surface area contributed by atoms with Crippen LogP contribution in [0, 0.1) is 0 Å². The number of nitrogens with two attached hydrogens (primary N) is 1. The van der Waals surface area contributed by atoms with Crippen molar-refractivity contribution in [2.45, 2.75) is 43.2 Å². The third-order valence-corrected chi connectivity index (χ3v) is 5.20. The van der Waals surface area contributed by atoms with E-state index in [-0.39, 0.29) is 12.1 Å². The van der Waals surface area contributed by atoms with Crippen molar-refractivity contribution in [2.75, 3.05) is 6.54 Å². The van der Waals surface area contributed by atoms with E-state index in [1.54, 1.807) is 16.6 Å². The Morgan fingerprint density at radius 2 is 2.29 bits per heavy atom. The van der Waals surface area contributed by atoms with Gasteiger partial charge in [0, 0.05) is 31.0 Å². The van der Waals surface area contributed by atoms with E-state index in [2.05, 4.69) is 4.98 Å². The number of hydrogen-bond donors (Lipinski definition) is 2. The van der Waals surface area contributed by atoms with Crippen LogP contribution in [-0.2, 0) is 10.0 Å². The number of H-pyrrole nitrogens is 1. The first-order chi connectivity index (χ1) is 8.03. The van der Waals surface area contributed by atoms with Crippen LogP contribution in [0.25, 0.3) is 0 Å². The highest BCUT2D eigenvalue weighted by Gasteiger charge is 2.35. The summed E-state index contributed by atoms with van der Waals surface area (Å²) in [5.41, 5.74) is 5.89. The van der Waals surface area contributed by atoms with Crippen LogP contribution in [0.4, 0.5) is 0 Å². The van der Waals surface area contributed by atoms with Gasteiger partial charge in [-0.05, 0) is 25.8 Å². The lowest BCUT2D eigenvalue weighted by molar-refractivity contribution is 0.227. The summed E-state index contributed by atoms with van der Waals surface area (Å²) in [5, 5.41) is 0. The Labute approximate surface area is 102 Å². The Kier molecular flexibility index (Phi) is 3.56. The number of aromatic amines is 1. The van der Waals surface area contributed by atoms with Crippen LogP contribution in [0.1, 0.15) is 26.2 Å². The Balaban J connectivity index is 2.31. The fourth-order valence-corrected chi connectivity index (χ4v) is 4.11. The number of rotatable bonds is 3. The van der Waals surface area contributed by atoms with Gasteiger partial charge in [-0.15, -0.1) is 0 Å². The molecule has 1 aromatic heterocycles. The molecule has 0 radical (unpaired) electrons. The zero-order valence-electron chi connectivity index (χ0n) is 9.96. The third kappa shape index (κ3) is 2.38. The highest BCUT2D eigenvalue weighted by molar-refractivity contribution is 7.89. The molecule has 0 amide bonds. The molecule has 6 heteroatoms. The molecule has 17 heavy (non-hydrogen) atoms. The number of nitrogens with zero attached hydrogens (tertiary/aromatic N) is 1. The molecule has 1 aliphatic heterocycles. The fourth-order valence-electron chi connectivity index (χ4n) is 2.36. The Bertz CT molecular complexity index is 453. The van der Waals surface area contributed by atoms with E-state index >= 15 is 0 Å². The number of hydrogen-bond acceptors (Lipinski definition) is 3. The lowest BCUT2D eigenvalue weighted by Crippen LogP contribution is -2.51. The molecule has 2 atom stereocenters. The first-order valence-corrected chi connectivity index (χ1v) is 7.37. The zero-order valence-corrected chi connectivity index (χ0v) is 10.8. The molecular weight excluding hydrogens is 238 g/mol. The van der Waals surface area contributed by atoms with Crippen molar-refractivity contribution >= 4 is 10.0 Å². The van der Waals surface area contributed by atoms with Crippen molar-refractivity contribution in [2.24, 2.45) is 5.73 Å². The molecule has 1 aliphatic rings. The van der Waals surface area contributed by atoms with Crippen LogP contribution < -0.4 is 5.73 Å². The second kappa shape index (κ2) is 4.80. The van der Waals surface area contributed by atoms with Gasteiger partial charge in [0.25, 0.3) is 0 Å². The average Bonchev–Trinajstić information content (AvgIpc) is 2.83. The fraction of sp³-hybridized carbons (Fsp3) is 0.636. The van der Waals surface area contributed by atoms with Gasteiger partial charge in [0.1, 0.15) is 0 Å². The topological polar surface area (TPSA) is 79.2 Å². The quantitative estimate of drug-likeness (QED) is 0.844. The van der Waals surface area contributed by atoms with Gasteiger partial charge < -0.3 is 10.7 Å². The molecule has 1 aromatic rings. The van der Waals surface area contributed by atoms with Gasteiger partial charge in [-0.2, -0.15) is 4.31 Å². The summed E-state index contributed by atoms with van der Waals surface area (Å²) in [6, 6.07) is 1.37. The van der Waals surface area contributed by atoms with Gasteiger partial charge in [0.15, 0.2) is 0 Å². The van der Waals surface area contributed by atoms with Gasteiger partial charge in [0.05, 0.1) is 4.90 Å². The van der Waals surface area contributed by atoms with Crippen LogP contribution in [0.2, 0.25) is 0 Å². The second-order valence-electron chi connectivity index (χ2n) is 4.58. The van der Waals surface area contributed by atoms with Gasteiger partial charge in [-0.25, -0.2) is 8.42 Å². The first kappa shape index (κ1) is 12.6. The highest BCUT2D eigenvalue weighted by Crippen LogP contribution is 2.26. The van der Waals surface area contributed by atoms with Crippen molar-refractivity contribution in [3.05, 3.63) is 18.5 Å². The van der Waals surface area contributed by atoms with Gasteiger partial charge in [-0.1, -0.05) is 6.42 Å². The van der Waals surface area contributed by atoms with Gasteiger partial charge in [-0.3, -0.25) is 0 Å². The molecule has 2 unspecified atom stereocenters. The predicted molar refractivity (Wildman–Crippen MR) is 66.0 cm³/mol. The van der Waals surface area contributed by atoms with E-state index < -0.39 is 10.0 Å². The van der Waals surface area contributed by atoms with Crippen molar-refractivity contribution in [3.8, 4) is 0 Å². The lowest BCUT2D eigenvalue weighted by Gasteiger charge is -2.36. The number of piperidine rings is 1. The maximum absolute atomic E-state index is 12.4. The summed E-state index contributed by atoms with van der Waals surface area (Å²) >= 11 is 0. The van der Waals surface area contributed by atoms with E-state index in [1.807, 2.05) is 6.92 Å². The smallest absolute Gasteiger partial charge is 0.244 e. The van der Waals surface area contributed by atoms with Crippen LogP contribution in [0.5, 0.6) is 0 Å². The molecule has 0 aliphatic carbocycles. The standard InChI is InChI=1S/C11H19N3O2S/c1-9(12)11-4-2-3-7-14(11)17(15,16)10-5-6-13-8-10/h5-6,8-9,11,13H,2-4,7,12H2,1H3. The molecule has 96 valence electrons. The minimum absolute atomic E-state index is 0.0800. The van der Waals surface area contributed by atoms with E-state index in [4.69, 9.17) is 5.73 Å². The Hall–Kier alpha value is -0.850. The van der Waals surface area contributed by atoms with Crippen molar-refractivity contribution < 1.29 is 8.42 Å². The summed E-state index contributed by atoms with van der Waals surface area (Å²) in [5.74, 6) is 0. The average molecular weight is 257 g/mol. The SMILES string of the molecule is CC(N)C1CCCCN1S(=O)(=O)c1cc[nH]c1. The lowest BCUT2D eigenvalue weighted by atomic mass is 10.00. The van der Waals surface area contributed by atoms with Crippen LogP contribution in [0.15, 0.2) is 23.4 Å². The van der Waals surface area contributed by atoms with Crippen LogP contribution >= 0.6 is 0 Å². The van der Waals surface area contributed by atoms with E-state index in [9.17, 15) is 8.42 Å². The van der Waals surface area contributed by atoms with Crippen molar-refractivity contribution in [1.29, 1.82) is 0 Å². The van der Waals surface area contributed by atoms with Gasteiger partial charge in [0.2, 0.25) is 10.0 Å². The molecule has 1 fully saturated rings. The van der Waals surface area contributed by atoms with Crippen molar-refractivity contribution in [1.82, 2.24) is 9.29 Å². The molecule has 0 bridgehead atoms. The highest BCUT2D eigenvalue weighted by atomic mass is 32.2. The minimum Gasteiger partial charge on any atom is -0.366 e. The van der Waals surface area contributed by atoms with Crippen molar-refractivity contribution in [3.63, 3.8) is 0 Å². The molecule has 0 saturated carbocycles. The minimum atomic E-state index is -3.39. The van der Waals surface area contributed by atoms with Crippen LogP contribution in [-0.4, -0.2) is 36.3 Å². The normalized spacial score (nSPS) is 24.7. The van der Waals surface area contributed by atoms with Crippen LogP contribution in [0.3, 0.4) is 0 Å². The molecular formula is C11H19N3O2S. The Morgan fingerprint density at radius 3 is 2.88 bits per heavy atom. The number of nitrogens with one attached hydrogen (secondary N) is 1.